The Hall–Kier alpha value is -1.02. The summed E-state index contributed by atoms with van der Waals surface area (Å²) < 4.78 is 0. The SMILES string of the molecule is CCC1(CNCc2cccc(N)c2C)CC1. The fourth-order valence-corrected chi connectivity index (χ4v) is 2.19. The Morgan fingerprint density at radius 1 is 1.38 bits per heavy atom. The van der Waals surface area contributed by atoms with Crippen LogP contribution in [0.2, 0.25) is 0 Å². The number of benzene rings is 1. The lowest BCUT2D eigenvalue weighted by Crippen LogP contribution is -2.23. The molecule has 1 fully saturated rings. The second-order valence-corrected chi connectivity index (χ2v) is 5.09. The average molecular weight is 218 g/mol. The summed E-state index contributed by atoms with van der Waals surface area (Å²) in [5.74, 6) is 0. The molecule has 0 unspecified atom stereocenters. The molecule has 0 aliphatic heterocycles. The molecule has 2 nitrogen and oxygen atoms in total. The van der Waals surface area contributed by atoms with E-state index in [4.69, 9.17) is 5.73 Å². The van der Waals surface area contributed by atoms with E-state index in [0.29, 0.717) is 5.41 Å². The average Bonchev–Trinajstić information content (AvgIpc) is 3.05. The van der Waals surface area contributed by atoms with E-state index in [1.165, 1.54) is 30.4 Å². The molecule has 1 saturated carbocycles. The van der Waals surface area contributed by atoms with E-state index in [-0.39, 0.29) is 0 Å². The number of nitrogen functional groups attached to an aromatic ring is 1. The van der Waals surface area contributed by atoms with Crippen molar-refractivity contribution in [2.24, 2.45) is 5.41 Å². The van der Waals surface area contributed by atoms with Crippen molar-refractivity contribution in [3.05, 3.63) is 29.3 Å². The molecule has 0 aromatic heterocycles. The van der Waals surface area contributed by atoms with Gasteiger partial charge in [-0.1, -0.05) is 19.1 Å². The third kappa shape index (κ3) is 2.38. The monoisotopic (exact) mass is 218 g/mol. The van der Waals surface area contributed by atoms with Crippen molar-refractivity contribution >= 4 is 5.69 Å². The Balaban J connectivity index is 1.88. The lowest BCUT2D eigenvalue weighted by atomic mass is 10.0. The zero-order valence-electron chi connectivity index (χ0n) is 10.3. The summed E-state index contributed by atoms with van der Waals surface area (Å²) in [4.78, 5) is 0. The lowest BCUT2D eigenvalue weighted by molar-refractivity contribution is 0.443. The highest BCUT2D eigenvalue weighted by Gasteiger charge is 2.39. The van der Waals surface area contributed by atoms with E-state index in [0.717, 1.165) is 18.8 Å². The van der Waals surface area contributed by atoms with Crippen LogP contribution in [0.5, 0.6) is 0 Å². The molecule has 2 heteroatoms. The predicted octanol–water partition coefficient (Wildman–Crippen LogP) is 2.86. The van der Waals surface area contributed by atoms with Crippen LogP contribution in [0.25, 0.3) is 0 Å². The van der Waals surface area contributed by atoms with Crippen LogP contribution in [0.1, 0.15) is 37.3 Å². The van der Waals surface area contributed by atoms with Crippen LogP contribution in [0.4, 0.5) is 5.69 Å². The van der Waals surface area contributed by atoms with Crippen molar-refractivity contribution in [2.75, 3.05) is 12.3 Å². The van der Waals surface area contributed by atoms with Gasteiger partial charge in [-0.15, -0.1) is 0 Å². The van der Waals surface area contributed by atoms with Gasteiger partial charge in [0.15, 0.2) is 0 Å². The highest BCUT2D eigenvalue weighted by atomic mass is 14.9. The fourth-order valence-electron chi connectivity index (χ4n) is 2.19. The van der Waals surface area contributed by atoms with Crippen molar-refractivity contribution < 1.29 is 0 Å². The molecule has 1 aromatic rings. The molecular weight excluding hydrogens is 196 g/mol. The minimum absolute atomic E-state index is 0.619. The topological polar surface area (TPSA) is 38.0 Å². The second kappa shape index (κ2) is 4.46. The van der Waals surface area contributed by atoms with Gasteiger partial charge in [0.25, 0.3) is 0 Å². The van der Waals surface area contributed by atoms with Crippen molar-refractivity contribution in [2.45, 2.75) is 39.7 Å². The minimum Gasteiger partial charge on any atom is -0.399 e. The summed E-state index contributed by atoms with van der Waals surface area (Å²) in [5, 5.41) is 3.57. The molecule has 2 rings (SSSR count). The van der Waals surface area contributed by atoms with Crippen LogP contribution in [0, 0.1) is 12.3 Å². The first-order valence-corrected chi connectivity index (χ1v) is 6.21. The zero-order chi connectivity index (χ0) is 11.6. The first kappa shape index (κ1) is 11.5. The molecule has 3 N–H and O–H groups in total. The Kier molecular flexibility index (Phi) is 3.20. The van der Waals surface area contributed by atoms with E-state index in [9.17, 15) is 0 Å². The van der Waals surface area contributed by atoms with Crippen LogP contribution in [0.3, 0.4) is 0 Å². The Labute approximate surface area is 98.2 Å². The Morgan fingerprint density at radius 3 is 2.75 bits per heavy atom. The Morgan fingerprint density at radius 2 is 2.12 bits per heavy atom. The third-order valence-corrected chi connectivity index (χ3v) is 4.01. The third-order valence-electron chi connectivity index (χ3n) is 4.01. The molecule has 0 saturated heterocycles. The molecule has 0 bridgehead atoms. The van der Waals surface area contributed by atoms with Gasteiger partial charge in [0.05, 0.1) is 0 Å². The summed E-state index contributed by atoms with van der Waals surface area (Å²) in [6.45, 7) is 6.48. The molecule has 1 aliphatic rings. The van der Waals surface area contributed by atoms with Crippen molar-refractivity contribution in [1.29, 1.82) is 0 Å². The fraction of sp³-hybridized carbons (Fsp3) is 0.571. The van der Waals surface area contributed by atoms with Gasteiger partial charge < -0.3 is 11.1 Å². The molecule has 88 valence electrons. The zero-order valence-corrected chi connectivity index (χ0v) is 10.3. The van der Waals surface area contributed by atoms with Gasteiger partial charge in [0, 0.05) is 18.8 Å². The molecule has 0 radical (unpaired) electrons. The van der Waals surface area contributed by atoms with E-state index in [1.54, 1.807) is 0 Å². The summed E-state index contributed by atoms with van der Waals surface area (Å²) in [6, 6.07) is 6.16. The number of anilines is 1. The van der Waals surface area contributed by atoms with E-state index >= 15 is 0 Å². The first-order chi connectivity index (χ1) is 7.67. The van der Waals surface area contributed by atoms with Crippen LogP contribution in [0.15, 0.2) is 18.2 Å². The van der Waals surface area contributed by atoms with Crippen LogP contribution >= 0.6 is 0 Å². The summed E-state index contributed by atoms with van der Waals surface area (Å²) in [7, 11) is 0. The quantitative estimate of drug-likeness (QED) is 0.746. The number of nitrogens with one attached hydrogen (secondary N) is 1. The first-order valence-electron chi connectivity index (χ1n) is 6.21. The maximum absolute atomic E-state index is 5.89. The summed E-state index contributed by atoms with van der Waals surface area (Å²) >= 11 is 0. The van der Waals surface area contributed by atoms with Gasteiger partial charge in [-0.3, -0.25) is 0 Å². The van der Waals surface area contributed by atoms with Gasteiger partial charge in [0.2, 0.25) is 0 Å². The van der Waals surface area contributed by atoms with E-state index in [1.807, 2.05) is 12.1 Å². The standard InChI is InChI=1S/C14H22N2/c1-3-14(7-8-14)10-16-9-12-5-4-6-13(15)11(12)2/h4-6,16H,3,7-10,15H2,1-2H3. The molecule has 1 aliphatic carbocycles. The molecular formula is C14H22N2. The van der Waals surface area contributed by atoms with Crippen LogP contribution < -0.4 is 11.1 Å². The smallest absolute Gasteiger partial charge is 0.0346 e. The van der Waals surface area contributed by atoms with Gasteiger partial charge in [0.1, 0.15) is 0 Å². The molecule has 0 spiro atoms. The summed E-state index contributed by atoms with van der Waals surface area (Å²) in [6.07, 6.45) is 4.09. The van der Waals surface area contributed by atoms with Gasteiger partial charge >= 0.3 is 0 Å². The Bertz CT molecular complexity index is 367. The lowest BCUT2D eigenvalue weighted by Gasteiger charge is -2.14. The van der Waals surface area contributed by atoms with Gasteiger partial charge in [-0.05, 0) is 48.8 Å². The van der Waals surface area contributed by atoms with Crippen LogP contribution in [-0.4, -0.2) is 6.54 Å². The molecule has 1 aromatic carbocycles. The maximum Gasteiger partial charge on any atom is 0.0346 e. The number of nitrogens with two attached hydrogens (primary N) is 1. The maximum atomic E-state index is 5.89. The number of hydrogen-bond donors (Lipinski definition) is 2. The van der Waals surface area contributed by atoms with Crippen molar-refractivity contribution in [3.8, 4) is 0 Å². The predicted molar refractivity (Wildman–Crippen MR) is 69.3 cm³/mol. The largest absolute Gasteiger partial charge is 0.399 e. The van der Waals surface area contributed by atoms with Gasteiger partial charge in [-0.2, -0.15) is 0 Å². The van der Waals surface area contributed by atoms with Crippen molar-refractivity contribution in [3.63, 3.8) is 0 Å². The van der Waals surface area contributed by atoms with Crippen molar-refractivity contribution in [1.82, 2.24) is 5.32 Å². The number of rotatable bonds is 5. The highest BCUT2D eigenvalue weighted by molar-refractivity contribution is 5.49. The molecule has 16 heavy (non-hydrogen) atoms. The summed E-state index contributed by atoms with van der Waals surface area (Å²) in [5.41, 5.74) is 9.95. The number of hydrogen-bond acceptors (Lipinski definition) is 2. The van der Waals surface area contributed by atoms with Gasteiger partial charge in [-0.25, -0.2) is 0 Å². The van der Waals surface area contributed by atoms with E-state index < -0.39 is 0 Å². The van der Waals surface area contributed by atoms with E-state index in [2.05, 4.69) is 25.2 Å². The highest BCUT2D eigenvalue weighted by Crippen LogP contribution is 2.47. The second-order valence-electron chi connectivity index (χ2n) is 5.09. The molecule has 0 atom stereocenters. The van der Waals surface area contributed by atoms with Crippen LogP contribution in [-0.2, 0) is 6.54 Å². The normalized spacial score (nSPS) is 17.4. The molecule has 0 heterocycles. The molecule has 0 amide bonds. The minimum atomic E-state index is 0.619.